The molecule has 3 aromatic rings. The minimum absolute atomic E-state index is 0.0592. The molecule has 0 aliphatic carbocycles. The van der Waals surface area contributed by atoms with Crippen LogP contribution in [0.3, 0.4) is 0 Å². The maximum absolute atomic E-state index is 13.3. The van der Waals surface area contributed by atoms with Crippen LogP contribution in [0.15, 0.2) is 58.2 Å². The summed E-state index contributed by atoms with van der Waals surface area (Å²) in [6.45, 7) is 0. The highest BCUT2D eigenvalue weighted by atomic mass is 32.2. The van der Waals surface area contributed by atoms with Crippen molar-refractivity contribution in [1.82, 2.24) is 9.89 Å². The van der Waals surface area contributed by atoms with E-state index >= 15 is 0 Å². The van der Waals surface area contributed by atoms with Gasteiger partial charge in [0.15, 0.2) is 15.5 Å². The molecule has 0 radical (unpaired) electrons. The van der Waals surface area contributed by atoms with Gasteiger partial charge in [0, 0.05) is 11.6 Å². The molecule has 1 amide bonds. The molecule has 152 valence electrons. The molecule has 7 nitrogen and oxygen atoms in total. The number of rotatable bonds is 4. The third-order valence-corrected chi connectivity index (χ3v) is 5.15. The summed E-state index contributed by atoms with van der Waals surface area (Å²) >= 11 is 0. The number of alkyl halides is 3. The number of hydrogen-bond donors (Lipinski definition) is 1. The summed E-state index contributed by atoms with van der Waals surface area (Å²) < 4.78 is 62.8. The van der Waals surface area contributed by atoms with E-state index in [0.717, 1.165) is 12.3 Å². The van der Waals surface area contributed by atoms with Crippen LogP contribution in [0.2, 0.25) is 0 Å². The van der Waals surface area contributed by atoms with Gasteiger partial charge in [0.25, 0.3) is 5.56 Å². The zero-order valence-corrected chi connectivity index (χ0v) is 15.7. The molecule has 11 heteroatoms. The van der Waals surface area contributed by atoms with Crippen molar-refractivity contribution in [1.29, 1.82) is 0 Å². The number of hydrogen-bond acceptors (Lipinski definition) is 5. The van der Waals surface area contributed by atoms with Crippen molar-refractivity contribution in [2.75, 3.05) is 11.7 Å². The Bertz CT molecular complexity index is 1250. The van der Waals surface area contributed by atoms with Gasteiger partial charge in [-0.2, -0.15) is 13.2 Å². The lowest BCUT2D eigenvalue weighted by Crippen LogP contribution is -2.37. The highest BCUT2D eigenvalue weighted by molar-refractivity contribution is 7.90. The SMILES string of the molecule is CS(=O)(=O)c1ccc(CC(=O)Nn2nc(C(F)(F)F)c3ccccc3c2=O)cc1. The molecule has 0 atom stereocenters. The molecular weight excluding hydrogens is 411 g/mol. The molecule has 0 saturated heterocycles. The van der Waals surface area contributed by atoms with Gasteiger partial charge in [-0.3, -0.25) is 9.59 Å². The van der Waals surface area contributed by atoms with Crippen LogP contribution < -0.4 is 11.0 Å². The number of carbonyl (C=O) groups is 1. The number of aromatic nitrogens is 2. The van der Waals surface area contributed by atoms with E-state index < -0.39 is 33.2 Å². The largest absolute Gasteiger partial charge is 0.435 e. The summed E-state index contributed by atoms with van der Waals surface area (Å²) in [5.74, 6) is -0.796. The van der Waals surface area contributed by atoms with Gasteiger partial charge in [-0.1, -0.05) is 30.3 Å². The molecule has 0 aliphatic rings. The smallest absolute Gasteiger partial charge is 0.273 e. The van der Waals surface area contributed by atoms with Gasteiger partial charge in [0.05, 0.1) is 16.7 Å². The lowest BCUT2D eigenvalue weighted by Gasteiger charge is -2.13. The molecule has 0 unspecified atom stereocenters. The van der Waals surface area contributed by atoms with Gasteiger partial charge >= 0.3 is 6.18 Å². The van der Waals surface area contributed by atoms with E-state index in [9.17, 15) is 31.2 Å². The molecule has 0 aliphatic heterocycles. The van der Waals surface area contributed by atoms with Crippen molar-refractivity contribution in [3.63, 3.8) is 0 Å². The minimum atomic E-state index is -4.83. The monoisotopic (exact) mass is 425 g/mol. The Morgan fingerprint density at radius 1 is 1.07 bits per heavy atom. The second kappa shape index (κ2) is 7.32. The van der Waals surface area contributed by atoms with Crippen molar-refractivity contribution in [3.8, 4) is 0 Å². The van der Waals surface area contributed by atoms with Gasteiger partial charge in [-0.25, -0.2) is 13.8 Å². The number of sulfone groups is 1. The average molecular weight is 425 g/mol. The molecule has 1 N–H and O–H groups in total. The van der Waals surface area contributed by atoms with E-state index in [-0.39, 0.29) is 26.9 Å². The Hall–Kier alpha value is -3.21. The Labute approximate surface area is 162 Å². The highest BCUT2D eigenvalue weighted by Gasteiger charge is 2.36. The van der Waals surface area contributed by atoms with Crippen molar-refractivity contribution < 1.29 is 26.4 Å². The van der Waals surface area contributed by atoms with Crippen molar-refractivity contribution in [3.05, 3.63) is 70.1 Å². The maximum atomic E-state index is 13.3. The van der Waals surface area contributed by atoms with E-state index in [1.54, 1.807) is 0 Å². The van der Waals surface area contributed by atoms with E-state index in [2.05, 4.69) is 5.10 Å². The molecule has 0 saturated carbocycles. The van der Waals surface area contributed by atoms with Crippen LogP contribution in [0, 0.1) is 0 Å². The van der Waals surface area contributed by atoms with Crippen LogP contribution in [-0.2, 0) is 27.2 Å². The van der Waals surface area contributed by atoms with Gasteiger partial charge in [-0.05, 0) is 23.8 Å². The fourth-order valence-corrected chi connectivity index (χ4v) is 3.30. The molecule has 0 spiro atoms. The van der Waals surface area contributed by atoms with E-state index in [1.165, 1.54) is 42.5 Å². The first-order valence-electron chi connectivity index (χ1n) is 8.15. The molecule has 0 fully saturated rings. The summed E-state index contributed by atoms with van der Waals surface area (Å²) in [7, 11) is -3.40. The highest BCUT2D eigenvalue weighted by Crippen LogP contribution is 2.31. The fourth-order valence-electron chi connectivity index (χ4n) is 2.67. The average Bonchev–Trinajstić information content (AvgIpc) is 2.63. The van der Waals surface area contributed by atoms with Crippen LogP contribution in [-0.4, -0.2) is 30.5 Å². The molecule has 1 aromatic heterocycles. The number of carbonyl (C=O) groups excluding carboxylic acids is 1. The Morgan fingerprint density at radius 3 is 2.21 bits per heavy atom. The molecule has 3 rings (SSSR count). The predicted molar refractivity (Wildman–Crippen MR) is 98.6 cm³/mol. The van der Waals surface area contributed by atoms with Gasteiger partial charge in [0.1, 0.15) is 0 Å². The van der Waals surface area contributed by atoms with Crippen LogP contribution in [0.5, 0.6) is 0 Å². The number of nitrogens with zero attached hydrogens (tertiary/aromatic N) is 2. The summed E-state index contributed by atoms with van der Waals surface area (Å²) in [6.07, 6.45) is -4.10. The number of benzene rings is 2. The standard InChI is InChI=1S/C18H14F3N3O4S/c1-29(27,28)12-8-6-11(7-9-12)10-15(25)22-24-17(26)14-5-3-2-4-13(14)16(23-24)18(19,20)21/h2-9H,10H2,1H3,(H,22,25). The number of nitrogens with one attached hydrogen (secondary N) is 1. The third kappa shape index (κ3) is 4.45. The summed E-state index contributed by atoms with van der Waals surface area (Å²) in [6, 6.07) is 10.5. The molecular formula is C18H14F3N3O4S. The molecule has 29 heavy (non-hydrogen) atoms. The van der Waals surface area contributed by atoms with Gasteiger partial charge in [-0.15, -0.1) is 9.89 Å². The summed E-state index contributed by atoms with van der Waals surface area (Å²) in [5.41, 5.74) is 0.238. The van der Waals surface area contributed by atoms with Crippen LogP contribution in [0.25, 0.3) is 10.8 Å². The Balaban J connectivity index is 1.91. The lowest BCUT2D eigenvalue weighted by molar-refractivity contribution is -0.141. The number of fused-ring (bicyclic) bond motifs is 1. The second-order valence-corrected chi connectivity index (χ2v) is 8.25. The first-order chi connectivity index (χ1) is 13.5. The Morgan fingerprint density at radius 2 is 1.66 bits per heavy atom. The second-order valence-electron chi connectivity index (χ2n) is 6.24. The van der Waals surface area contributed by atoms with E-state index in [0.29, 0.717) is 5.56 Å². The van der Waals surface area contributed by atoms with Gasteiger partial charge in [0.2, 0.25) is 5.91 Å². The zero-order chi connectivity index (χ0) is 21.4. The first-order valence-corrected chi connectivity index (χ1v) is 10.0. The van der Waals surface area contributed by atoms with Crippen molar-refractivity contribution >= 4 is 26.5 Å². The number of halogens is 3. The van der Waals surface area contributed by atoms with E-state index in [4.69, 9.17) is 0 Å². The summed E-state index contributed by atoms with van der Waals surface area (Å²) in [5, 5.41) is 2.66. The third-order valence-electron chi connectivity index (χ3n) is 4.02. The van der Waals surface area contributed by atoms with Crippen molar-refractivity contribution in [2.45, 2.75) is 17.5 Å². The maximum Gasteiger partial charge on any atom is 0.435 e. The molecule has 2 aromatic carbocycles. The lowest BCUT2D eigenvalue weighted by atomic mass is 10.1. The molecule has 0 bridgehead atoms. The van der Waals surface area contributed by atoms with Crippen LogP contribution in [0.4, 0.5) is 13.2 Å². The fraction of sp³-hybridized carbons (Fsp3) is 0.167. The topological polar surface area (TPSA) is 98.1 Å². The zero-order valence-electron chi connectivity index (χ0n) is 14.9. The number of amides is 1. The van der Waals surface area contributed by atoms with Crippen LogP contribution >= 0.6 is 0 Å². The summed E-state index contributed by atoms with van der Waals surface area (Å²) in [4.78, 5) is 24.9. The molecule has 1 heterocycles. The minimum Gasteiger partial charge on any atom is -0.273 e. The predicted octanol–water partition coefficient (Wildman–Crippen LogP) is 2.13. The quantitative estimate of drug-likeness (QED) is 0.691. The van der Waals surface area contributed by atoms with Crippen LogP contribution in [0.1, 0.15) is 11.3 Å². The normalized spacial score (nSPS) is 12.1. The van der Waals surface area contributed by atoms with Crippen molar-refractivity contribution in [2.24, 2.45) is 0 Å². The first kappa shape index (κ1) is 20.5. The van der Waals surface area contributed by atoms with Gasteiger partial charge < -0.3 is 0 Å². The van der Waals surface area contributed by atoms with E-state index in [1.807, 2.05) is 5.43 Å². The Kier molecular flexibility index (Phi) is 5.18.